The van der Waals surface area contributed by atoms with E-state index in [1.54, 1.807) is 0 Å². The lowest BCUT2D eigenvalue weighted by Crippen LogP contribution is -2.46. The Morgan fingerprint density at radius 2 is 1.90 bits per heavy atom. The molecular formula is C18H26N2O. The van der Waals surface area contributed by atoms with Crippen molar-refractivity contribution in [3.63, 3.8) is 0 Å². The van der Waals surface area contributed by atoms with E-state index in [2.05, 4.69) is 36.2 Å². The van der Waals surface area contributed by atoms with E-state index >= 15 is 0 Å². The van der Waals surface area contributed by atoms with Gasteiger partial charge in [-0.25, -0.2) is 0 Å². The summed E-state index contributed by atoms with van der Waals surface area (Å²) < 4.78 is 0. The number of benzene rings is 1. The maximum Gasteiger partial charge on any atom is 0.251 e. The van der Waals surface area contributed by atoms with Gasteiger partial charge >= 0.3 is 0 Å². The average Bonchev–Trinajstić information content (AvgIpc) is 2.95. The lowest BCUT2D eigenvalue weighted by molar-refractivity contribution is 0.0900. The molecule has 3 nitrogen and oxygen atoms in total. The molecule has 1 aliphatic carbocycles. The number of carbonyl (C=O) groups excluding carboxylic acids is 1. The monoisotopic (exact) mass is 286 g/mol. The van der Waals surface area contributed by atoms with E-state index in [1.807, 2.05) is 6.07 Å². The fourth-order valence-electron chi connectivity index (χ4n) is 3.54. The van der Waals surface area contributed by atoms with Gasteiger partial charge in [-0.3, -0.25) is 4.79 Å². The van der Waals surface area contributed by atoms with Gasteiger partial charge in [0.05, 0.1) is 0 Å². The summed E-state index contributed by atoms with van der Waals surface area (Å²) in [6.45, 7) is 6.66. The van der Waals surface area contributed by atoms with E-state index in [4.69, 9.17) is 0 Å². The van der Waals surface area contributed by atoms with Crippen molar-refractivity contribution in [2.45, 2.75) is 58.0 Å². The van der Waals surface area contributed by atoms with Crippen LogP contribution < -0.4 is 5.32 Å². The van der Waals surface area contributed by atoms with Gasteiger partial charge in [0.1, 0.15) is 0 Å². The first-order valence-corrected chi connectivity index (χ1v) is 8.30. The molecule has 1 fully saturated rings. The molecule has 0 atom stereocenters. The standard InChI is InChI=1S/C18H26N2O/c1-13(2)20-10-8-17(9-11-20)19-18(21)16-7-6-14-4-3-5-15(14)12-16/h6-7,12-13,17H,3-5,8-11H2,1-2H3,(H,19,21). The molecular weight excluding hydrogens is 260 g/mol. The van der Waals surface area contributed by atoms with Gasteiger partial charge in [-0.15, -0.1) is 0 Å². The summed E-state index contributed by atoms with van der Waals surface area (Å²) in [7, 11) is 0. The van der Waals surface area contributed by atoms with Crippen LogP contribution in [0.3, 0.4) is 0 Å². The Kier molecular flexibility index (Phi) is 4.29. The van der Waals surface area contributed by atoms with Crippen molar-refractivity contribution in [1.29, 1.82) is 0 Å². The summed E-state index contributed by atoms with van der Waals surface area (Å²) in [6, 6.07) is 7.17. The Labute approximate surface area is 127 Å². The predicted molar refractivity (Wildman–Crippen MR) is 85.7 cm³/mol. The topological polar surface area (TPSA) is 32.3 Å². The zero-order valence-corrected chi connectivity index (χ0v) is 13.2. The summed E-state index contributed by atoms with van der Waals surface area (Å²) in [5.74, 6) is 0.104. The number of likely N-dealkylation sites (tertiary alicyclic amines) is 1. The number of amides is 1. The predicted octanol–water partition coefficient (Wildman–Crippen LogP) is 2.78. The van der Waals surface area contributed by atoms with Crippen molar-refractivity contribution in [3.05, 3.63) is 34.9 Å². The number of piperidine rings is 1. The molecule has 0 spiro atoms. The Morgan fingerprint density at radius 3 is 2.62 bits per heavy atom. The van der Waals surface area contributed by atoms with Crippen LogP contribution >= 0.6 is 0 Å². The minimum absolute atomic E-state index is 0.104. The van der Waals surface area contributed by atoms with Gasteiger partial charge in [0.2, 0.25) is 0 Å². The zero-order valence-electron chi connectivity index (χ0n) is 13.2. The Balaban J connectivity index is 1.57. The average molecular weight is 286 g/mol. The molecule has 1 saturated heterocycles. The first-order valence-electron chi connectivity index (χ1n) is 8.30. The highest BCUT2D eigenvalue weighted by molar-refractivity contribution is 5.94. The molecule has 3 rings (SSSR count). The minimum Gasteiger partial charge on any atom is -0.349 e. The molecule has 3 heteroatoms. The van der Waals surface area contributed by atoms with E-state index in [9.17, 15) is 4.79 Å². The molecule has 1 N–H and O–H groups in total. The van der Waals surface area contributed by atoms with Gasteiger partial charge < -0.3 is 10.2 Å². The molecule has 1 aliphatic heterocycles. The number of rotatable bonds is 3. The second kappa shape index (κ2) is 6.18. The van der Waals surface area contributed by atoms with Crippen LogP contribution in [0.4, 0.5) is 0 Å². The number of fused-ring (bicyclic) bond motifs is 1. The quantitative estimate of drug-likeness (QED) is 0.926. The van der Waals surface area contributed by atoms with Crippen LogP contribution in [0, 0.1) is 0 Å². The van der Waals surface area contributed by atoms with Crippen LogP contribution in [-0.4, -0.2) is 36.0 Å². The van der Waals surface area contributed by atoms with E-state index in [-0.39, 0.29) is 5.91 Å². The molecule has 0 aromatic heterocycles. The summed E-state index contributed by atoms with van der Waals surface area (Å²) >= 11 is 0. The highest BCUT2D eigenvalue weighted by Gasteiger charge is 2.23. The number of aryl methyl sites for hydroxylation is 2. The van der Waals surface area contributed by atoms with Crippen LogP contribution in [0.5, 0.6) is 0 Å². The third-order valence-electron chi connectivity index (χ3n) is 4.96. The molecule has 1 aromatic rings. The van der Waals surface area contributed by atoms with Crippen molar-refractivity contribution >= 4 is 5.91 Å². The first-order chi connectivity index (χ1) is 10.1. The maximum atomic E-state index is 12.4. The van der Waals surface area contributed by atoms with Gasteiger partial charge in [-0.2, -0.15) is 0 Å². The van der Waals surface area contributed by atoms with E-state index < -0.39 is 0 Å². The number of hydrogen-bond acceptors (Lipinski definition) is 2. The highest BCUT2D eigenvalue weighted by Crippen LogP contribution is 2.23. The van der Waals surface area contributed by atoms with Crippen molar-refractivity contribution in [2.75, 3.05) is 13.1 Å². The third-order valence-corrected chi connectivity index (χ3v) is 4.96. The van der Waals surface area contributed by atoms with Crippen molar-refractivity contribution in [3.8, 4) is 0 Å². The van der Waals surface area contributed by atoms with E-state index in [1.165, 1.54) is 24.0 Å². The smallest absolute Gasteiger partial charge is 0.251 e. The molecule has 1 amide bonds. The van der Waals surface area contributed by atoms with Crippen LogP contribution in [0.25, 0.3) is 0 Å². The normalized spacial score (nSPS) is 19.8. The molecule has 114 valence electrons. The maximum absolute atomic E-state index is 12.4. The SMILES string of the molecule is CC(C)N1CCC(NC(=O)c2ccc3c(c2)CCC3)CC1. The number of nitrogens with one attached hydrogen (secondary N) is 1. The Bertz CT molecular complexity index is 516. The van der Waals surface area contributed by atoms with Crippen LogP contribution in [-0.2, 0) is 12.8 Å². The van der Waals surface area contributed by atoms with Crippen molar-refractivity contribution in [1.82, 2.24) is 10.2 Å². The van der Waals surface area contributed by atoms with Gasteiger partial charge in [0.15, 0.2) is 0 Å². The fraction of sp³-hybridized carbons (Fsp3) is 0.611. The summed E-state index contributed by atoms with van der Waals surface area (Å²) in [4.78, 5) is 14.9. The minimum atomic E-state index is 0.104. The van der Waals surface area contributed by atoms with E-state index in [0.717, 1.165) is 37.9 Å². The zero-order chi connectivity index (χ0) is 14.8. The van der Waals surface area contributed by atoms with Gasteiger partial charge in [0.25, 0.3) is 5.91 Å². The van der Waals surface area contributed by atoms with Gasteiger partial charge in [-0.05, 0) is 69.2 Å². The van der Waals surface area contributed by atoms with Crippen molar-refractivity contribution < 1.29 is 4.79 Å². The highest BCUT2D eigenvalue weighted by atomic mass is 16.1. The lowest BCUT2D eigenvalue weighted by Gasteiger charge is -2.34. The molecule has 21 heavy (non-hydrogen) atoms. The number of carbonyl (C=O) groups is 1. The molecule has 1 aromatic carbocycles. The Morgan fingerprint density at radius 1 is 1.19 bits per heavy atom. The third kappa shape index (κ3) is 3.29. The summed E-state index contributed by atoms with van der Waals surface area (Å²) in [5, 5.41) is 3.22. The molecule has 1 heterocycles. The van der Waals surface area contributed by atoms with E-state index in [0.29, 0.717) is 12.1 Å². The second-order valence-corrected chi connectivity index (χ2v) is 6.71. The van der Waals surface area contributed by atoms with Crippen LogP contribution in [0.1, 0.15) is 54.6 Å². The van der Waals surface area contributed by atoms with Crippen molar-refractivity contribution in [2.24, 2.45) is 0 Å². The molecule has 0 unspecified atom stereocenters. The van der Waals surface area contributed by atoms with Gasteiger partial charge in [0, 0.05) is 30.7 Å². The molecule has 0 bridgehead atoms. The second-order valence-electron chi connectivity index (χ2n) is 6.71. The summed E-state index contributed by atoms with van der Waals surface area (Å²) in [5.41, 5.74) is 3.64. The Hall–Kier alpha value is -1.35. The molecule has 0 saturated carbocycles. The molecule has 0 radical (unpaired) electrons. The number of hydrogen-bond donors (Lipinski definition) is 1. The van der Waals surface area contributed by atoms with Crippen LogP contribution in [0.15, 0.2) is 18.2 Å². The summed E-state index contributed by atoms with van der Waals surface area (Å²) in [6.07, 6.45) is 5.66. The van der Waals surface area contributed by atoms with Crippen LogP contribution in [0.2, 0.25) is 0 Å². The molecule has 2 aliphatic rings. The fourth-order valence-corrected chi connectivity index (χ4v) is 3.54. The largest absolute Gasteiger partial charge is 0.349 e. The first kappa shape index (κ1) is 14.6. The lowest BCUT2D eigenvalue weighted by atomic mass is 10.0. The number of nitrogens with zero attached hydrogens (tertiary/aromatic N) is 1. The van der Waals surface area contributed by atoms with Gasteiger partial charge in [-0.1, -0.05) is 6.07 Å².